The van der Waals surface area contributed by atoms with Crippen molar-refractivity contribution in [1.82, 2.24) is 4.90 Å². The van der Waals surface area contributed by atoms with Gasteiger partial charge in [-0.15, -0.1) is 0 Å². The first-order valence-corrected chi connectivity index (χ1v) is 9.24. The van der Waals surface area contributed by atoms with Gasteiger partial charge in [0.25, 0.3) is 5.91 Å². The van der Waals surface area contributed by atoms with Gasteiger partial charge in [-0.2, -0.15) is 0 Å². The van der Waals surface area contributed by atoms with Gasteiger partial charge < -0.3 is 14.2 Å². The Morgan fingerprint density at radius 1 is 1.15 bits per heavy atom. The number of para-hydroxylation sites is 2. The molecule has 4 rings (SSSR count). The summed E-state index contributed by atoms with van der Waals surface area (Å²) < 4.78 is 17.1. The Kier molecular flexibility index (Phi) is 4.69. The molecule has 0 unspecified atom stereocenters. The number of amides is 2. The fraction of sp³-hybridized carbons (Fsp3) is 0.579. The number of likely N-dealkylation sites (tertiary alicyclic amines) is 1. The molecule has 3 saturated heterocycles. The van der Waals surface area contributed by atoms with Crippen LogP contribution >= 0.6 is 0 Å². The van der Waals surface area contributed by atoms with Crippen LogP contribution in [0.15, 0.2) is 24.3 Å². The summed E-state index contributed by atoms with van der Waals surface area (Å²) in [6.45, 7) is 4.98. The van der Waals surface area contributed by atoms with E-state index in [1.807, 2.05) is 19.1 Å². The Balaban J connectivity index is 1.50. The fourth-order valence-corrected chi connectivity index (χ4v) is 4.04. The van der Waals surface area contributed by atoms with Crippen LogP contribution in [0.5, 0.6) is 5.75 Å². The number of rotatable bonds is 4. The molecule has 3 aliphatic rings. The van der Waals surface area contributed by atoms with E-state index >= 15 is 0 Å². The third-order valence-electron chi connectivity index (χ3n) is 5.34. The highest BCUT2D eigenvalue weighted by Crippen LogP contribution is 2.36. The second-order valence-corrected chi connectivity index (χ2v) is 6.83. The number of piperidine rings is 1. The third kappa shape index (κ3) is 3.00. The number of hydrogen-bond acceptors (Lipinski definition) is 6. The molecule has 7 nitrogen and oxygen atoms in total. The summed E-state index contributed by atoms with van der Waals surface area (Å²) in [5.74, 6) is -0.279. The molecule has 1 aromatic carbocycles. The Morgan fingerprint density at radius 3 is 2.54 bits per heavy atom. The van der Waals surface area contributed by atoms with Gasteiger partial charge in [0.1, 0.15) is 5.75 Å². The van der Waals surface area contributed by atoms with Crippen molar-refractivity contribution in [3.05, 3.63) is 24.3 Å². The molecule has 140 valence electrons. The highest BCUT2D eigenvalue weighted by molar-refractivity contribution is 6.23. The Morgan fingerprint density at radius 2 is 1.85 bits per heavy atom. The van der Waals surface area contributed by atoms with Crippen molar-refractivity contribution in [2.45, 2.75) is 38.0 Å². The lowest BCUT2D eigenvalue weighted by molar-refractivity contribution is -0.188. The van der Waals surface area contributed by atoms with Crippen LogP contribution in [0, 0.1) is 0 Å². The largest absolute Gasteiger partial charge is 0.492 e. The number of carbonyl (C=O) groups excluding carboxylic acids is 2. The third-order valence-corrected chi connectivity index (χ3v) is 5.34. The summed E-state index contributed by atoms with van der Waals surface area (Å²) in [7, 11) is 0. The summed E-state index contributed by atoms with van der Waals surface area (Å²) in [6, 6.07) is 6.77. The van der Waals surface area contributed by atoms with Crippen molar-refractivity contribution >= 4 is 17.5 Å². The van der Waals surface area contributed by atoms with Crippen molar-refractivity contribution in [1.29, 1.82) is 0 Å². The van der Waals surface area contributed by atoms with Gasteiger partial charge in [-0.3, -0.25) is 14.5 Å². The minimum absolute atomic E-state index is 0.175. The van der Waals surface area contributed by atoms with E-state index < -0.39 is 11.8 Å². The molecule has 0 aromatic heterocycles. The van der Waals surface area contributed by atoms with Crippen LogP contribution < -0.4 is 9.64 Å². The molecular formula is C19H24N2O5. The molecule has 1 aromatic rings. The zero-order chi connectivity index (χ0) is 18.1. The van der Waals surface area contributed by atoms with Gasteiger partial charge in [0.15, 0.2) is 5.79 Å². The maximum Gasteiger partial charge on any atom is 0.251 e. The van der Waals surface area contributed by atoms with E-state index in [4.69, 9.17) is 14.2 Å². The summed E-state index contributed by atoms with van der Waals surface area (Å²) in [5.41, 5.74) is 0.530. The second kappa shape index (κ2) is 6.98. The average molecular weight is 360 g/mol. The van der Waals surface area contributed by atoms with E-state index in [-0.39, 0.29) is 18.2 Å². The molecule has 0 N–H and O–H groups in total. The number of hydrogen-bond donors (Lipinski definition) is 0. The molecule has 2 amide bonds. The lowest BCUT2D eigenvalue weighted by atomic mass is 10.0. The standard InChI is InChI=1S/C19H24N2O5/c1-2-24-16-6-4-3-5-14(16)21-17(22)13-15(18(21)23)20-9-7-19(8-10-20)25-11-12-26-19/h3-6,15H,2,7-13H2,1H3/t15-/m0/s1. The first kappa shape index (κ1) is 17.5. The molecule has 26 heavy (non-hydrogen) atoms. The maximum absolute atomic E-state index is 13.0. The number of nitrogens with zero attached hydrogens (tertiary/aromatic N) is 2. The normalized spacial score (nSPS) is 26.0. The lowest BCUT2D eigenvalue weighted by Gasteiger charge is -2.39. The Labute approximate surface area is 152 Å². The van der Waals surface area contributed by atoms with Crippen molar-refractivity contribution < 1.29 is 23.8 Å². The molecule has 7 heteroatoms. The fourth-order valence-electron chi connectivity index (χ4n) is 4.04. The highest BCUT2D eigenvalue weighted by atomic mass is 16.7. The topological polar surface area (TPSA) is 68.3 Å². The predicted molar refractivity (Wildman–Crippen MR) is 94.0 cm³/mol. The first-order valence-electron chi connectivity index (χ1n) is 9.24. The Bertz CT molecular complexity index is 691. The summed E-state index contributed by atoms with van der Waals surface area (Å²) in [5, 5.41) is 0. The van der Waals surface area contributed by atoms with Gasteiger partial charge in [0.05, 0.1) is 38.0 Å². The van der Waals surface area contributed by atoms with E-state index in [0.29, 0.717) is 44.3 Å². The molecule has 0 bridgehead atoms. The van der Waals surface area contributed by atoms with Gasteiger partial charge in [-0.05, 0) is 19.1 Å². The van der Waals surface area contributed by atoms with Gasteiger partial charge in [0, 0.05) is 25.9 Å². The molecule has 3 aliphatic heterocycles. The van der Waals surface area contributed by atoms with Crippen molar-refractivity contribution in [2.75, 3.05) is 37.8 Å². The van der Waals surface area contributed by atoms with Crippen LogP contribution in [0.3, 0.4) is 0 Å². The molecule has 3 fully saturated rings. The molecule has 1 spiro atoms. The minimum atomic E-state index is -0.483. The van der Waals surface area contributed by atoms with Gasteiger partial charge >= 0.3 is 0 Å². The molecule has 0 saturated carbocycles. The van der Waals surface area contributed by atoms with E-state index in [9.17, 15) is 9.59 Å². The van der Waals surface area contributed by atoms with Crippen LogP contribution in [0.4, 0.5) is 5.69 Å². The molecular weight excluding hydrogens is 336 g/mol. The van der Waals surface area contributed by atoms with Gasteiger partial charge in [0.2, 0.25) is 5.91 Å². The zero-order valence-electron chi connectivity index (χ0n) is 15.0. The molecule has 3 heterocycles. The summed E-state index contributed by atoms with van der Waals surface area (Å²) in [4.78, 5) is 29.0. The van der Waals surface area contributed by atoms with Crippen molar-refractivity contribution in [3.8, 4) is 5.75 Å². The van der Waals surface area contributed by atoms with Gasteiger partial charge in [-0.25, -0.2) is 4.90 Å². The van der Waals surface area contributed by atoms with Crippen LogP contribution in [0.1, 0.15) is 26.2 Å². The van der Waals surface area contributed by atoms with E-state index in [1.165, 1.54) is 4.90 Å². The highest BCUT2D eigenvalue weighted by Gasteiger charge is 2.47. The number of benzene rings is 1. The smallest absolute Gasteiger partial charge is 0.251 e. The van der Waals surface area contributed by atoms with Crippen molar-refractivity contribution in [2.24, 2.45) is 0 Å². The quantitative estimate of drug-likeness (QED) is 0.759. The minimum Gasteiger partial charge on any atom is -0.492 e. The van der Waals surface area contributed by atoms with Gasteiger partial charge in [-0.1, -0.05) is 12.1 Å². The van der Waals surface area contributed by atoms with E-state index in [0.717, 1.165) is 12.8 Å². The molecule has 1 atom stereocenters. The van der Waals surface area contributed by atoms with Crippen LogP contribution in [0.2, 0.25) is 0 Å². The van der Waals surface area contributed by atoms with Crippen LogP contribution in [0.25, 0.3) is 0 Å². The first-order chi connectivity index (χ1) is 12.6. The summed E-state index contributed by atoms with van der Waals surface area (Å²) >= 11 is 0. The SMILES string of the molecule is CCOc1ccccc1N1C(=O)C[C@H](N2CCC3(CC2)OCCO3)C1=O. The maximum atomic E-state index is 13.0. The average Bonchev–Trinajstić information content (AvgIpc) is 3.22. The molecule has 0 radical (unpaired) electrons. The number of ether oxygens (including phenoxy) is 3. The molecule has 0 aliphatic carbocycles. The predicted octanol–water partition coefficient (Wildman–Crippen LogP) is 1.56. The van der Waals surface area contributed by atoms with E-state index in [1.54, 1.807) is 12.1 Å². The summed E-state index contributed by atoms with van der Waals surface area (Å²) in [6.07, 6.45) is 1.65. The van der Waals surface area contributed by atoms with Crippen LogP contribution in [-0.4, -0.2) is 61.5 Å². The van der Waals surface area contributed by atoms with E-state index in [2.05, 4.69) is 4.90 Å². The number of imide groups is 1. The van der Waals surface area contributed by atoms with Crippen molar-refractivity contribution in [3.63, 3.8) is 0 Å². The number of anilines is 1. The zero-order valence-corrected chi connectivity index (χ0v) is 15.0. The van der Waals surface area contributed by atoms with Crippen LogP contribution in [-0.2, 0) is 19.1 Å². The number of carbonyl (C=O) groups is 2. The second-order valence-electron chi connectivity index (χ2n) is 6.83. The monoisotopic (exact) mass is 360 g/mol. The Hall–Kier alpha value is -1.96. The lowest BCUT2D eigenvalue weighted by Crippen LogP contribution is -2.51.